The molecule has 2 nitrogen and oxygen atoms in total. The van der Waals surface area contributed by atoms with Crippen LogP contribution in [-0.4, -0.2) is 9.97 Å². The molecule has 1 N–H and O–H groups in total. The van der Waals surface area contributed by atoms with Gasteiger partial charge in [0.05, 0.1) is 11.0 Å². The van der Waals surface area contributed by atoms with Crippen molar-refractivity contribution in [1.29, 1.82) is 0 Å². The average Bonchev–Trinajstić information content (AvgIpc) is 2.52. The van der Waals surface area contributed by atoms with Crippen LogP contribution in [0.2, 0.25) is 0 Å². The van der Waals surface area contributed by atoms with Crippen molar-refractivity contribution in [2.45, 2.75) is 40.5 Å². The van der Waals surface area contributed by atoms with Crippen molar-refractivity contribution >= 4 is 11.0 Å². The van der Waals surface area contributed by atoms with Gasteiger partial charge in [0.15, 0.2) is 0 Å². The van der Waals surface area contributed by atoms with Crippen molar-refractivity contribution in [1.82, 2.24) is 9.97 Å². The van der Waals surface area contributed by atoms with E-state index in [4.69, 9.17) is 0 Å². The number of nitrogens with zero attached hydrogens (tertiary/aromatic N) is 1. The highest BCUT2D eigenvalue weighted by molar-refractivity contribution is 5.75. The molecular weight excluding hydrogens is 196 g/mol. The van der Waals surface area contributed by atoms with Gasteiger partial charge in [0.25, 0.3) is 0 Å². The fraction of sp³-hybridized carbons (Fsp3) is 0.500. The summed E-state index contributed by atoms with van der Waals surface area (Å²) in [4.78, 5) is 7.69. The number of benzene rings is 1. The van der Waals surface area contributed by atoms with Crippen LogP contribution in [0.5, 0.6) is 0 Å². The summed E-state index contributed by atoms with van der Waals surface area (Å²) in [6.07, 6.45) is 2.35. The smallest absolute Gasteiger partial charge is 0.104 e. The number of rotatable bonds is 2. The number of imidazole rings is 1. The van der Waals surface area contributed by atoms with Gasteiger partial charge in [0, 0.05) is 0 Å². The van der Waals surface area contributed by atoms with Crippen molar-refractivity contribution in [2.24, 2.45) is 5.41 Å². The molecule has 0 spiro atoms. The van der Waals surface area contributed by atoms with Gasteiger partial charge in [0.2, 0.25) is 0 Å². The largest absolute Gasteiger partial charge is 0.342 e. The number of nitrogens with one attached hydrogen (secondary N) is 1. The minimum Gasteiger partial charge on any atom is -0.342 e. The molecular formula is C14H20N2. The van der Waals surface area contributed by atoms with E-state index in [1.54, 1.807) is 0 Å². The molecule has 1 heterocycles. The topological polar surface area (TPSA) is 28.7 Å². The number of aryl methyl sites for hydroxylation is 2. The lowest BCUT2D eigenvalue weighted by Gasteiger charge is -2.17. The zero-order valence-corrected chi connectivity index (χ0v) is 10.6. The van der Waals surface area contributed by atoms with Crippen LogP contribution >= 0.6 is 0 Å². The van der Waals surface area contributed by atoms with Crippen LogP contribution in [-0.2, 0) is 6.42 Å². The van der Waals surface area contributed by atoms with Crippen molar-refractivity contribution < 1.29 is 0 Å². The second-order valence-corrected chi connectivity index (χ2v) is 5.73. The van der Waals surface area contributed by atoms with Gasteiger partial charge in [-0.1, -0.05) is 26.8 Å². The van der Waals surface area contributed by atoms with E-state index in [-0.39, 0.29) is 0 Å². The Morgan fingerprint density at radius 1 is 1.25 bits per heavy atom. The molecule has 0 aliphatic rings. The van der Waals surface area contributed by atoms with Crippen molar-refractivity contribution in [3.8, 4) is 0 Å². The van der Waals surface area contributed by atoms with Gasteiger partial charge >= 0.3 is 0 Å². The maximum Gasteiger partial charge on any atom is 0.104 e. The van der Waals surface area contributed by atoms with Crippen molar-refractivity contribution in [3.05, 3.63) is 29.6 Å². The molecule has 0 bridgehead atoms. The first-order chi connectivity index (χ1) is 7.44. The van der Waals surface area contributed by atoms with Gasteiger partial charge in [-0.15, -0.1) is 0 Å². The lowest BCUT2D eigenvalue weighted by Crippen LogP contribution is -2.06. The summed E-state index contributed by atoms with van der Waals surface area (Å²) in [5.74, 6) is 0.989. The number of aromatic nitrogens is 2. The molecule has 0 saturated carbocycles. The van der Waals surface area contributed by atoms with Gasteiger partial charge in [-0.2, -0.15) is 0 Å². The molecule has 1 aromatic heterocycles. The van der Waals surface area contributed by atoms with E-state index in [2.05, 4.69) is 48.9 Å². The van der Waals surface area contributed by atoms with Gasteiger partial charge in [-0.25, -0.2) is 4.98 Å². The zero-order chi connectivity index (χ0) is 11.8. The predicted octanol–water partition coefficient (Wildman–Crippen LogP) is 3.85. The third kappa shape index (κ3) is 2.63. The molecule has 0 saturated heterocycles. The van der Waals surface area contributed by atoms with Crippen LogP contribution in [0.15, 0.2) is 18.2 Å². The Morgan fingerprint density at radius 2 is 2.00 bits per heavy atom. The van der Waals surface area contributed by atoms with Crippen LogP contribution < -0.4 is 0 Å². The summed E-state index contributed by atoms with van der Waals surface area (Å²) in [6, 6.07) is 6.52. The van der Waals surface area contributed by atoms with Gasteiger partial charge in [0.1, 0.15) is 5.82 Å². The summed E-state index contributed by atoms with van der Waals surface area (Å²) in [7, 11) is 0. The first-order valence-corrected chi connectivity index (χ1v) is 5.89. The Hall–Kier alpha value is -1.31. The first kappa shape index (κ1) is 11.2. The average molecular weight is 216 g/mol. The minimum atomic E-state index is 0.402. The second-order valence-electron chi connectivity index (χ2n) is 5.73. The van der Waals surface area contributed by atoms with Crippen LogP contribution in [0.1, 0.15) is 38.6 Å². The number of H-pyrrole nitrogens is 1. The molecule has 0 amide bonds. The van der Waals surface area contributed by atoms with Gasteiger partial charge < -0.3 is 4.98 Å². The molecule has 86 valence electrons. The lowest BCUT2D eigenvalue weighted by molar-refractivity contribution is 0.378. The Balaban J connectivity index is 2.19. The molecule has 0 aliphatic heterocycles. The Kier molecular flexibility index (Phi) is 2.75. The zero-order valence-electron chi connectivity index (χ0n) is 10.6. The predicted molar refractivity (Wildman–Crippen MR) is 68.6 cm³/mol. The molecule has 2 aromatic rings. The SMILES string of the molecule is Cc1nc2ccc(CCC(C)(C)C)cc2[nH]1. The molecule has 16 heavy (non-hydrogen) atoms. The Bertz CT molecular complexity index is 489. The van der Waals surface area contributed by atoms with E-state index in [9.17, 15) is 0 Å². The number of hydrogen-bond donors (Lipinski definition) is 1. The third-order valence-corrected chi connectivity index (χ3v) is 2.83. The molecule has 0 unspecified atom stereocenters. The van der Waals surface area contributed by atoms with E-state index < -0.39 is 0 Å². The summed E-state index contributed by atoms with van der Waals surface area (Å²) in [5, 5.41) is 0. The Morgan fingerprint density at radius 3 is 2.69 bits per heavy atom. The number of hydrogen-bond acceptors (Lipinski definition) is 1. The summed E-state index contributed by atoms with van der Waals surface area (Å²) in [6.45, 7) is 8.85. The maximum atomic E-state index is 4.41. The summed E-state index contributed by atoms with van der Waals surface area (Å²) in [5.41, 5.74) is 4.02. The fourth-order valence-corrected chi connectivity index (χ4v) is 1.86. The molecule has 0 radical (unpaired) electrons. The first-order valence-electron chi connectivity index (χ1n) is 5.89. The van der Waals surface area contributed by atoms with Crippen molar-refractivity contribution in [2.75, 3.05) is 0 Å². The summed E-state index contributed by atoms with van der Waals surface area (Å²) >= 11 is 0. The third-order valence-electron chi connectivity index (χ3n) is 2.83. The van der Waals surface area contributed by atoms with Crippen LogP contribution in [0.25, 0.3) is 11.0 Å². The maximum absolute atomic E-state index is 4.41. The second kappa shape index (κ2) is 3.93. The van der Waals surface area contributed by atoms with Crippen LogP contribution in [0.3, 0.4) is 0 Å². The molecule has 2 heteroatoms. The highest BCUT2D eigenvalue weighted by atomic mass is 14.9. The normalized spacial score (nSPS) is 12.2. The standard InChI is InChI=1S/C14H20N2/c1-10-15-12-6-5-11(9-13(12)16-10)7-8-14(2,3)4/h5-6,9H,7-8H2,1-4H3,(H,15,16). The van der Waals surface area contributed by atoms with E-state index >= 15 is 0 Å². The molecule has 0 aliphatic carbocycles. The lowest BCUT2D eigenvalue weighted by atomic mass is 9.89. The Labute approximate surface area is 97.1 Å². The number of fused-ring (bicyclic) bond motifs is 1. The molecule has 0 atom stereocenters. The summed E-state index contributed by atoms with van der Waals surface area (Å²) < 4.78 is 0. The van der Waals surface area contributed by atoms with Crippen molar-refractivity contribution in [3.63, 3.8) is 0 Å². The molecule has 1 aromatic carbocycles. The van der Waals surface area contributed by atoms with Gasteiger partial charge in [-0.05, 0) is 42.9 Å². The monoisotopic (exact) mass is 216 g/mol. The quantitative estimate of drug-likeness (QED) is 0.811. The van der Waals surface area contributed by atoms with E-state index in [0.717, 1.165) is 23.3 Å². The van der Waals surface area contributed by atoms with E-state index in [0.29, 0.717) is 5.41 Å². The van der Waals surface area contributed by atoms with E-state index in [1.165, 1.54) is 12.0 Å². The number of aromatic amines is 1. The van der Waals surface area contributed by atoms with Gasteiger partial charge in [-0.3, -0.25) is 0 Å². The van der Waals surface area contributed by atoms with Crippen LogP contribution in [0, 0.1) is 12.3 Å². The molecule has 0 fully saturated rings. The fourth-order valence-electron chi connectivity index (χ4n) is 1.86. The highest BCUT2D eigenvalue weighted by Gasteiger charge is 2.10. The highest BCUT2D eigenvalue weighted by Crippen LogP contribution is 2.22. The minimum absolute atomic E-state index is 0.402. The molecule has 2 rings (SSSR count). The van der Waals surface area contributed by atoms with Crippen LogP contribution in [0.4, 0.5) is 0 Å². The van der Waals surface area contributed by atoms with E-state index in [1.807, 2.05) is 6.92 Å².